The van der Waals surface area contributed by atoms with Gasteiger partial charge in [0.05, 0.1) is 40.2 Å². The van der Waals surface area contributed by atoms with Crippen LogP contribution in [0.15, 0.2) is 110 Å². The largest absolute Gasteiger partial charge is 0.494 e. The minimum absolute atomic E-state index is 0.00982. The van der Waals surface area contributed by atoms with Gasteiger partial charge in [0, 0.05) is 17.0 Å². The molecule has 0 unspecified atom stereocenters. The summed E-state index contributed by atoms with van der Waals surface area (Å²) >= 11 is 0. The second-order valence-electron chi connectivity index (χ2n) is 8.63. The fraction of sp³-hybridized carbons (Fsp3) is 0.0714. The smallest absolute Gasteiger partial charge is 0.416 e. The first-order chi connectivity index (χ1) is 19.0. The van der Waals surface area contributed by atoms with Gasteiger partial charge in [0.15, 0.2) is 0 Å². The van der Waals surface area contributed by atoms with Crippen LogP contribution >= 0.6 is 0 Å². The van der Waals surface area contributed by atoms with Crippen LogP contribution in [0.1, 0.15) is 16.9 Å². The lowest BCUT2D eigenvalue weighted by Gasteiger charge is -2.15. The summed E-state index contributed by atoms with van der Waals surface area (Å²) in [6, 6.07) is 19.2. The topological polar surface area (TPSA) is 114 Å². The summed E-state index contributed by atoms with van der Waals surface area (Å²) in [7, 11) is -3.83. The number of aromatic hydroxyl groups is 1. The van der Waals surface area contributed by atoms with Gasteiger partial charge >= 0.3 is 6.18 Å². The van der Waals surface area contributed by atoms with Crippen LogP contribution < -0.4 is 10.3 Å². The Balaban J connectivity index is 1.51. The first-order valence-corrected chi connectivity index (χ1v) is 13.2. The van der Waals surface area contributed by atoms with Crippen LogP contribution in [-0.2, 0) is 22.7 Å². The van der Waals surface area contributed by atoms with Gasteiger partial charge in [-0.25, -0.2) is 17.7 Å². The number of halogens is 3. The number of benzene rings is 3. The van der Waals surface area contributed by atoms with Gasteiger partial charge < -0.3 is 9.52 Å². The second kappa shape index (κ2) is 10.5. The molecule has 0 saturated heterocycles. The molecule has 0 amide bonds. The molecule has 0 aliphatic heterocycles. The minimum atomic E-state index is -4.65. The lowest BCUT2D eigenvalue weighted by Crippen LogP contribution is -2.22. The van der Waals surface area contributed by atoms with Crippen molar-refractivity contribution in [2.45, 2.75) is 17.6 Å². The number of aliphatic imine (C=N–C) groups is 1. The summed E-state index contributed by atoms with van der Waals surface area (Å²) in [6.07, 6.45) is -1.95. The zero-order valence-electron chi connectivity index (χ0n) is 20.5. The molecule has 5 aromatic rings. The number of nitrogens with one attached hydrogen (secondary N) is 1. The summed E-state index contributed by atoms with van der Waals surface area (Å²) in [6.45, 7) is -0.0246. The van der Waals surface area contributed by atoms with Crippen LogP contribution in [-0.4, -0.2) is 24.3 Å². The van der Waals surface area contributed by atoms with Crippen molar-refractivity contribution in [2.24, 2.45) is 4.99 Å². The number of nitrogens with zero attached hydrogens (tertiary/aromatic N) is 2. The first kappa shape index (κ1) is 26.9. The number of hydrogen-bond acceptors (Lipinski definition) is 6. The summed E-state index contributed by atoms with van der Waals surface area (Å²) in [5.74, 6) is -0.156. The Morgan fingerprint density at radius 2 is 1.68 bits per heavy atom. The predicted molar refractivity (Wildman–Crippen MR) is 143 cm³/mol. The van der Waals surface area contributed by atoms with Gasteiger partial charge in [-0.15, -0.1) is 0 Å². The van der Waals surface area contributed by atoms with Crippen LogP contribution in [0, 0.1) is 0 Å². The highest BCUT2D eigenvalue weighted by molar-refractivity contribution is 7.89. The predicted octanol–water partition coefficient (Wildman–Crippen LogP) is 5.54. The normalized spacial score (nSPS) is 12.4. The van der Waals surface area contributed by atoms with Crippen LogP contribution in [0.2, 0.25) is 0 Å². The fourth-order valence-electron chi connectivity index (χ4n) is 4.06. The van der Waals surface area contributed by atoms with Gasteiger partial charge in [-0.3, -0.25) is 9.79 Å². The number of sulfonamides is 1. The molecule has 0 fully saturated rings. The molecule has 0 spiro atoms. The Morgan fingerprint density at radius 3 is 2.35 bits per heavy atom. The third kappa shape index (κ3) is 5.40. The quantitative estimate of drug-likeness (QED) is 0.251. The number of rotatable bonds is 7. The number of pyridine rings is 1. The molecule has 0 aliphatic rings. The number of alkyl halides is 3. The Morgan fingerprint density at radius 1 is 0.950 bits per heavy atom. The maximum Gasteiger partial charge on any atom is 0.416 e. The number of furan rings is 1. The van der Waals surface area contributed by atoms with E-state index in [0.717, 1.165) is 22.8 Å². The zero-order valence-corrected chi connectivity index (χ0v) is 21.3. The van der Waals surface area contributed by atoms with Crippen molar-refractivity contribution >= 4 is 32.7 Å². The highest BCUT2D eigenvalue weighted by Gasteiger charge is 2.31. The van der Waals surface area contributed by atoms with Crippen molar-refractivity contribution in [1.29, 1.82) is 0 Å². The lowest BCUT2D eigenvalue weighted by atomic mass is 10.1. The summed E-state index contributed by atoms with van der Waals surface area (Å²) in [4.78, 5) is 17.5. The van der Waals surface area contributed by atoms with E-state index in [1.54, 1.807) is 30.3 Å². The van der Waals surface area contributed by atoms with Gasteiger partial charge in [-0.2, -0.15) is 13.2 Å². The zero-order chi connectivity index (χ0) is 28.5. The molecule has 5 rings (SSSR count). The maximum atomic E-state index is 13.3. The minimum Gasteiger partial charge on any atom is -0.494 e. The van der Waals surface area contributed by atoms with Crippen molar-refractivity contribution in [3.63, 3.8) is 0 Å². The molecule has 2 heterocycles. The Labute approximate surface area is 225 Å². The number of aromatic nitrogens is 1. The standard InChI is InChI=1S/C28H20F3N3O5S/c29-28(30,31)18-5-3-6-20(15-18)34-26(35)24-9-2-1-8-23(24)25(27(34)36)17-32-19-10-12-22(13-11-19)40(37,38)33-16-21-7-4-14-39-21/h1-15,17,33,36H,16H2. The van der Waals surface area contributed by atoms with Crippen molar-refractivity contribution in [2.75, 3.05) is 0 Å². The second-order valence-corrected chi connectivity index (χ2v) is 10.4. The summed E-state index contributed by atoms with van der Waals surface area (Å²) in [5.41, 5.74) is -1.45. The monoisotopic (exact) mass is 567 g/mol. The Kier molecular flexibility index (Phi) is 7.04. The average Bonchev–Trinajstić information content (AvgIpc) is 3.46. The molecule has 0 saturated carbocycles. The molecule has 40 heavy (non-hydrogen) atoms. The molecule has 0 atom stereocenters. The van der Waals surface area contributed by atoms with Crippen molar-refractivity contribution in [3.05, 3.63) is 118 Å². The third-order valence-corrected chi connectivity index (χ3v) is 7.46. The van der Waals surface area contributed by atoms with Gasteiger partial charge in [0.2, 0.25) is 15.9 Å². The third-order valence-electron chi connectivity index (χ3n) is 6.04. The van der Waals surface area contributed by atoms with E-state index in [9.17, 15) is 31.5 Å². The molecule has 2 aromatic heterocycles. The highest BCUT2D eigenvalue weighted by Crippen LogP contribution is 2.32. The summed E-state index contributed by atoms with van der Waals surface area (Å²) < 4.78 is 73.4. The van der Waals surface area contributed by atoms with Crippen LogP contribution in [0.3, 0.4) is 0 Å². The van der Waals surface area contributed by atoms with E-state index >= 15 is 0 Å². The van der Waals surface area contributed by atoms with E-state index in [4.69, 9.17) is 4.42 Å². The lowest BCUT2D eigenvalue weighted by molar-refractivity contribution is -0.137. The van der Waals surface area contributed by atoms with E-state index < -0.39 is 33.2 Å². The number of hydrogen-bond donors (Lipinski definition) is 2. The maximum absolute atomic E-state index is 13.3. The van der Waals surface area contributed by atoms with Crippen LogP contribution in [0.25, 0.3) is 16.5 Å². The van der Waals surface area contributed by atoms with E-state index in [0.29, 0.717) is 16.8 Å². The Bertz CT molecular complexity index is 1880. The highest BCUT2D eigenvalue weighted by atomic mass is 32.2. The molecule has 3 aromatic carbocycles. The van der Waals surface area contributed by atoms with E-state index in [1.165, 1.54) is 48.9 Å². The average molecular weight is 568 g/mol. The van der Waals surface area contributed by atoms with Crippen LogP contribution in [0.5, 0.6) is 5.88 Å². The fourth-order valence-corrected chi connectivity index (χ4v) is 5.06. The molecular formula is C28H20F3N3O5S. The van der Waals surface area contributed by atoms with E-state index in [2.05, 4.69) is 9.71 Å². The van der Waals surface area contributed by atoms with Gasteiger partial charge in [-0.1, -0.05) is 24.3 Å². The molecule has 2 N–H and O–H groups in total. The molecular weight excluding hydrogens is 547 g/mol. The SMILES string of the molecule is O=c1c2ccccc2c(C=Nc2ccc(S(=O)(=O)NCc3ccco3)cc2)c(O)n1-c1cccc(C(F)(F)F)c1. The first-order valence-electron chi connectivity index (χ1n) is 11.7. The number of fused-ring (bicyclic) bond motifs is 1. The van der Waals surface area contributed by atoms with Gasteiger partial charge in [0.1, 0.15) is 5.76 Å². The van der Waals surface area contributed by atoms with Gasteiger partial charge in [-0.05, 0) is 60.7 Å². The molecule has 12 heteroatoms. The van der Waals surface area contributed by atoms with Crippen molar-refractivity contribution in [3.8, 4) is 11.6 Å². The van der Waals surface area contributed by atoms with E-state index in [-0.39, 0.29) is 28.1 Å². The van der Waals surface area contributed by atoms with Crippen LogP contribution in [0.4, 0.5) is 18.9 Å². The summed E-state index contributed by atoms with van der Waals surface area (Å²) in [5, 5.41) is 11.6. The molecule has 204 valence electrons. The molecule has 8 nitrogen and oxygen atoms in total. The molecule has 0 aliphatic carbocycles. The van der Waals surface area contributed by atoms with Crippen molar-refractivity contribution < 1.29 is 31.1 Å². The molecule has 0 radical (unpaired) electrons. The molecule has 0 bridgehead atoms. The Hall–Kier alpha value is -4.68. The van der Waals surface area contributed by atoms with Crippen molar-refractivity contribution in [1.82, 2.24) is 9.29 Å². The van der Waals surface area contributed by atoms with Gasteiger partial charge in [0.25, 0.3) is 5.56 Å². The van der Waals surface area contributed by atoms with E-state index in [1.807, 2.05) is 0 Å².